The van der Waals surface area contributed by atoms with E-state index in [0.29, 0.717) is 42.3 Å². The summed E-state index contributed by atoms with van der Waals surface area (Å²) in [5, 5.41) is 0.198. The maximum Gasteiger partial charge on any atom is 0.257 e. The van der Waals surface area contributed by atoms with Gasteiger partial charge in [0.2, 0.25) is 5.91 Å². The number of piperazine rings is 1. The molecule has 1 saturated heterocycles. The van der Waals surface area contributed by atoms with Gasteiger partial charge in [0, 0.05) is 50.9 Å². The van der Waals surface area contributed by atoms with Crippen molar-refractivity contribution >= 4 is 17.7 Å². The van der Waals surface area contributed by atoms with E-state index in [1.54, 1.807) is 19.2 Å². The maximum absolute atomic E-state index is 13.7. The molecule has 3 aromatic carbocycles. The molecule has 1 aliphatic heterocycles. The molecular weight excluding hydrogens is 547 g/mol. The van der Waals surface area contributed by atoms with E-state index in [0.717, 1.165) is 18.7 Å². The molecule has 1 amide bonds. The van der Waals surface area contributed by atoms with Crippen LogP contribution in [0.5, 0.6) is 0 Å². The maximum atomic E-state index is 13.7. The predicted molar refractivity (Wildman–Crippen MR) is 166 cm³/mol. The first-order valence-electron chi connectivity index (χ1n) is 14.5. The molecule has 1 unspecified atom stereocenters. The van der Waals surface area contributed by atoms with Crippen LogP contribution in [0.1, 0.15) is 47.3 Å². The molecule has 2 heterocycles. The molecule has 0 aliphatic carbocycles. The molecule has 8 heteroatoms. The van der Waals surface area contributed by atoms with Crippen LogP contribution in [0.15, 0.2) is 94.9 Å². The molecule has 1 atom stereocenters. The van der Waals surface area contributed by atoms with Crippen LogP contribution >= 0.6 is 11.8 Å². The summed E-state index contributed by atoms with van der Waals surface area (Å²) in [4.78, 5) is 36.1. The van der Waals surface area contributed by atoms with Crippen LogP contribution in [0, 0.1) is 12.7 Å². The van der Waals surface area contributed by atoms with Crippen molar-refractivity contribution in [2.24, 2.45) is 7.05 Å². The number of hydrogen-bond donors (Lipinski definition) is 0. The predicted octanol–water partition coefficient (Wildman–Crippen LogP) is 5.62. The first-order chi connectivity index (χ1) is 20.4. The van der Waals surface area contributed by atoms with E-state index < -0.39 is 0 Å². The molecule has 0 N–H and O–H groups in total. The number of rotatable bonds is 9. The van der Waals surface area contributed by atoms with E-state index in [9.17, 15) is 14.0 Å². The second-order valence-corrected chi connectivity index (χ2v) is 11.9. The molecule has 1 fully saturated rings. The lowest BCUT2D eigenvalue weighted by molar-refractivity contribution is -0.132. The topological polar surface area (TPSA) is 58.4 Å². The molecule has 0 bridgehead atoms. The van der Waals surface area contributed by atoms with E-state index in [4.69, 9.17) is 4.98 Å². The van der Waals surface area contributed by atoms with Gasteiger partial charge in [-0.05, 0) is 42.2 Å². The zero-order chi connectivity index (χ0) is 29.6. The minimum atomic E-state index is -0.337. The van der Waals surface area contributed by atoms with Crippen LogP contribution in [-0.4, -0.2) is 56.7 Å². The van der Waals surface area contributed by atoms with Crippen LogP contribution in [0.4, 0.5) is 4.39 Å². The van der Waals surface area contributed by atoms with Crippen LogP contribution < -0.4 is 5.56 Å². The second kappa shape index (κ2) is 13.5. The number of benzene rings is 3. The lowest BCUT2D eigenvalue weighted by Gasteiger charge is -2.40. The fourth-order valence-electron chi connectivity index (χ4n) is 5.57. The highest BCUT2D eigenvalue weighted by Crippen LogP contribution is 2.31. The Labute approximate surface area is 251 Å². The molecule has 1 aromatic heterocycles. The van der Waals surface area contributed by atoms with Gasteiger partial charge >= 0.3 is 0 Å². The quantitative estimate of drug-likeness (QED) is 0.189. The summed E-state index contributed by atoms with van der Waals surface area (Å²) in [5.74, 6) is -0.224. The minimum absolute atomic E-state index is 0.0837. The van der Waals surface area contributed by atoms with Gasteiger partial charge < -0.3 is 4.90 Å². The monoisotopic (exact) mass is 584 g/mol. The Kier molecular flexibility index (Phi) is 9.55. The molecule has 6 nitrogen and oxygen atoms in total. The highest BCUT2D eigenvalue weighted by atomic mass is 32.2. The summed E-state index contributed by atoms with van der Waals surface area (Å²) in [6.45, 7) is 6.66. The first kappa shape index (κ1) is 29.7. The normalized spacial score (nSPS) is 14.7. The van der Waals surface area contributed by atoms with Crippen molar-refractivity contribution in [3.8, 4) is 0 Å². The van der Waals surface area contributed by atoms with Gasteiger partial charge in [-0.3, -0.25) is 19.1 Å². The van der Waals surface area contributed by atoms with Crippen LogP contribution in [0.3, 0.4) is 0 Å². The fraction of sp³-hybridized carbons (Fsp3) is 0.324. The summed E-state index contributed by atoms with van der Waals surface area (Å²) in [6, 6.07) is 27.4. The van der Waals surface area contributed by atoms with Gasteiger partial charge in [0.05, 0.1) is 11.3 Å². The van der Waals surface area contributed by atoms with Crippen molar-refractivity contribution in [2.75, 3.05) is 26.2 Å². The molecule has 0 saturated carbocycles. The summed E-state index contributed by atoms with van der Waals surface area (Å²) >= 11 is 1.36. The van der Waals surface area contributed by atoms with Crippen molar-refractivity contribution in [1.29, 1.82) is 0 Å². The Balaban J connectivity index is 1.27. The van der Waals surface area contributed by atoms with Crippen molar-refractivity contribution in [3.05, 3.63) is 129 Å². The lowest BCUT2D eigenvalue weighted by Crippen LogP contribution is -2.51. The Morgan fingerprint density at radius 1 is 0.905 bits per heavy atom. The smallest absolute Gasteiger partial charge is 0.257 e. The summed E-state index contributed by atoms with van der Waals surface area (Å²) < 4.78 is 14.9. The number of thioether (sulfide) groups is 1. The number of hydrogen-bond acceptors (Lipinski definition) is 5. The third-order valence-corrected chi connectivity index (χ3v) is 9.36. The highest BCUT2D eigenvalue weighted by Gasteiger charge is 2.31. The second-order valence-electron chi connectivity index (χ2n) is 10.7. The van der Waals surface area contributed by atoms with Crippen molar-refractivity contribution in [1.82, 2.24) is 19.4 Å². The summed E-state index contributed by atoms with van der Waals surface area (Å²) in [7, 11) is 1.70. The van der Waals surface area contributed by atoms with Crippen molar-refractivity contribution in [2.45, 2.75) is 43.1 Å². The largest absolute Gasteiger partial charge is 0.339 e. The van der Waals surface area contributed by atoms with Gasteiger partial charge in [0.25, 0.3) is 5.56 Å². The highest BCUT2D eigenvalue weighted by molar-refractivity contribution is 8.00. The zero-order valence-electron chi connectivity index (χ0n) is 24.4. The Morgan fingerprint density at radius 2 is 1.48 bits per heavy atom. The molecule has 42 heavy (non-hydrogen) atoms. The van der Waals surface area contributed by atoms with Crippen molar-refractivity contribution < 1.29 is 9.18 Å². The molecule has 5 rings (SSSR count). The molecule has 0 radical (unpaired) electrons. The van der Waals surface area contributed by atoms with Crippen molar-refractivity contribution in [3.63, 3.8) is 0 Å². The van der Waals surface area contributed by atoms with E-state index >= 15 is 0 Å². The molecule has 1 aliphatic rings. The van der Waals surface area contributed by atoms with Gasteiger partial charge in [-0.1, -0.05) is 91.5 Å². The van der Waals surface area contributed by atoms with E-state index in [1.165, 1.54) is 39.6 Å². The van der Waals surface area contributed by atoms with Gasteiger partial charge in [-0.2, -0.15) is 0 Å². The van der Waals surface area contributed by atoms with Crippen LogP contribution in [0.25, 0.3) is 0 Å². The standard InChI is InChI=1S/C34H37FN4O2S/c1-4-30(42-34-36-24(2)29(32(40)37(34)3)23-25-15-17-28(35)18-16-25)33(41)39-21-19-38(20-22-39)31(26-11-7-5-8-12-26)27-13-9-6-10-14-27/h5-18,30-31H,4,19-23H2,1-3H3. The van der Waals surface area contributed by atoms with Crippen LogP contribution in [0.2, 0.25) is 0 Å². The van der Waals surface area contributed by atoms with E-state index in [-0.39, 0.29) is 28.6 Å². The number of nitrogens with zero attached hydrogens (tertiary/aromatic N) is 4. The Morgan fingerprint density at radius 3 is 2.02 bits per heavy atom. The van der Waals surface area contributed by atoms with Gasteiger partial charge in [-0.25, -0.2) is 9.37 Å². The third-order valence-electron chi connectivity index (χ3n) is 7.96. The summed E-state index contributed by atoms with van der Waals surface area (Å²) in [5.41, 5.74) is 4.41. The molecular formula is C34H37FN4O2S. The van der Waals surface area contributed by atoms with Gasteiger partial charge in [-0.15, -0.1) is 0 Å². The minimum Gasteiger partial charge on any atom is -0.339 e. The Bertz CT molecular complexity index is 1510. The third kappa shape index (κ3) is 6.66. The first-order valence-corrected chi connectivity index (χ1v) is 15.3. The Hall–Kier alpha value is -3.75. The molecule has 218 valence electrons. The number of aromatic nitrogens is 2. The number of carbonyl (C=O) groups is 1. The van der Waals surface area contributed by atoms with Crippen LogP contribution in [-0.2, 0) is 18.3 Å². The fourth-order valence-corrected chi connectivity index (χ4v) is 6.67. The number of aryl methyl sites for hydroxylation is 1. The number of carbonyl (C=O) groups excluding carboxylic acids is 1. The number of halogens is 1. The van der Waals surface area contributed by atoms with Gasteiger partial charge in [0.1, 0.15) is 5.82 Å². The summed E-state index contributed by atoms with van der Waals surface area (Å²) in [6.07, 6.45) is 1.01. The van der Waals surface area contributed by atoms with E-state index in [2.05, 4.69) is 53.4 Å². The van der Waals surface area contributed by atoms with Gasteiger partial charge in [0.15, 0.2) is 5.16 Å². The average Bonchev–Trinajstić information content (AvgIpc) is 3.02. The average molecular weight is 585 g/mol. The molecule has 0 spiro atoms. The zero-order valence-corrected chi connectivity index (χ0v) is 25.2. The van der Waals surface area contributed by atoms with E-state index in [1.807, 2.05) is 30.9 Å². The molecule has 4 aromatic rings. The SMILES string of the molecule is CCC(Sc1nc(C)c(Cc2ccc(F)cc2)c(=O)n1C)C(=O)N1CCN(C(c2ccccc2)c2ccccc2)CC1. The lowest BCUT2D eigenvalue weighted by atomic mass is 9.96. The number of amides is 1.